The highest BCUT2D eigenvalue weighted by Crippen LogP contribution is 2.26. The summed E-state index contributed by atoms with van der Waals surface area (Å²) in [7, 11) is 1.43. The van der Waals surface area contributed by atoms with Crippen LogP contribution in [-0.2, 0) is 20.8 Å². The summed E-state index contributed by atoms with van der Waals surface area (Å²) < 4.78 is 50.3. The van der Waals surface area contributed by atoms with Crippen molar-refractivity contribution in [2.24, 2.45) is 5.92 Å². The zero-order valence-electron chi connectivity index (χ0n) is 25.8. The summed E-state index contributed by atoms with van der Waals surface area (Å²) in [5, 5.41) is 16.9. The van der Waals surface area contributed by atoms with E-state index in [0.717, 1.165) is 0 Å². The monoisotopic (exact) mass is 677 g/mol. The summed E-state index contributed by atoms with van der Waals surface area (Å²) in [6, 6.07) is 14.2. The number of methoxy groups -OCH3 is 1. The van der Waals surface area contributed by atoms with Gasteiger partial charge in [-0.3, -0.25) is 14.4 Å². The zero-order valence-corrected chi connectivity index (χ0v) is 26.5. The summed E-state index contributed by atoms with van der Waals surface area (Å²) in [4.78, 5) is 51.7. The van der Waals surface area contributed by atoms with Crippen LogP contribution in [0, 0.1) is 5.92 Å². The average molecular weight is 678 g/mol. The van der Waals surface area contributed by atoms with E-state index < -0.39 is 66.9 Å². The smallest absolute Gasteiger partial charge is 0.391 e. The first kappa shape index (κ1) is 36.7. The van der Waals surface area contributed by atoms with Crippen LogP contribution >= 0.6 is 11.6 Å². The Balaban J connectivity index is 1.94. The van der Waals surface area contributed by atoms with Crippen LogP contribution in [0.3, 0.4) is 0 Å². The molecule has 2 unspecified atom stereocenters. The van der Waals surface area contributed by atoms with Gasteiger partial charge >= 0.3 is 12.1 Å². The van der Waals surface area contributed by atoms with Crippen molar-refractivity contribution in [1.82, 2.24) is 16.0 Å². The molecule has 0 heterocycles. The van der Waals surface area contributed by atoms with E-state index in [1.54, 1.807) is 24.3 Å². The minimum Gasteiger partial charge on any atom is -0.497 e. The predicted octanol–water partition coefficient (Wildman–Crippen LogP) is 5.10. The third-order valence-corrected chi connectivity index (χ3v) is 7.23. The number of carbonyl (C=O) groups is 4. The topological polar surface area (TPSA) is 143 Å². The Morgan fingerprint density at radius 2 is 1.55 bits per heavy atom. The van der Waals surface area contributed by atoms with Crippen molar-refractivity contribution in [2.75, 3.05) is 13.7 Å². The van der Waals surface area contributed by atoms with Gasteiger partial charge in [0.2, 0.25) is 11.8 Å². The van der Waals surface area contributed by atoms with Crippen molar-refractivity contribution in [3.05, 3.63) is 94.5 Å². The maximum absolute atomic E-state index is 13.9. The number of carbonyl (C=O) groups excluding carboxylic acids is 3. The van der Waals surface area contributed by atoms with Crippen LogP contribution in [-0.4, -0.2) is 60.8 Å². The van der Waals surface area contributed by atoms with Crippen LogP contribution in [0.4, 0.5) is 13.2 Å². The highest BCUT2D eigenvalue weighted by Gasteiger charge is 2.36. The number of benzene rings is 3. The highest BCUT2D eigenvalue weighted by atomic mass is 35.5. The molecule has 3 atom stereocenters. The molecule has 0 spiro atoms. The van der Waals surface area contributed by atoms with Crippen molar-refractivity contribution in [3.8, 4) is 11.5 Å². The Hall–Kier alpha value is -4.78. The van der Waals surface area contributed by atoms with Gasteiger partial charge in [0.25, 0.3) is 5.91 Å². The quantitative estimate of drug-likeness (QED) is 0.175. The van der Waals surface area contributed by atoms with E-state index >= 15 is 0 Å². The first-order valence-corrected chi connectivity index (χ1v) is 14.8. The third kappa shape index (κ3) is 11.8. The SMILES string of the molecule is COc1ccc(C(NC(=O)C(Cc2cccc(Cl)c2)NC(=O)c2cccc(OCC(=O)O)c2)C(=O)N[C@H](CC(F)(F)F)C(C)C)cc1. The zero-order chi connectivity index (χ0) is 34.7. The highest BCUT2D eigenvalue weighted by molar-refractivity contribution is 6.30. The van der Waals surface area contributed by atoms with Crippen molar-refractivity contribution in [3.63, 3.8) is 0 Å². The lowest BCUT2D eigenvalue weighted by Crippen LogP contribution is -2.52. The molecule has 3 aromatic rings. The van der Waals surface area contributed by atoms with Gasteiger partial charge in [-0.1, -0.05) is 55.8 Å². The van der Waals surface area contributed by atoms with E-state index in [4.69, 9.17) is 26.2 Å². The van der Waals surface area contributed by atoms with Crippen molar-refractivity contribution in [1.29, 1.82) is 0 Å². The fourth-order valence-corrected chi connectivity index (χ4v) is 4.74. The van der Waals surface area contributed by atoms with E-state index in [2.05, 4.69) is 16.0 Å². The Morgan fingerprint density at radius 3 is 2.15 bits per heavy atom. The molecule has 4 N–H and O–H groups in total. The molecule has 3 rings (SSSR count). The van der Waals surface area contributed by atoms with Crippen LogP contribution in [0.5, 0.6) is 11.5 Å². The molecule has 3 amide bonds. The van der Waals surface area contributed by atoms with Crippen LogP contribution in [0.1, 0.15) is 47.8 Å². The summed E-state index contributed by atoms with van der Waals surface area (Å²) in [5.74, 6) is -3.68. The second kappa shape index (κ2) is 16.7. The molecule has 252 valence electrons. The van der Waals surface area contributed by atoms with Gasteiger partial charge in [-0.2, -0.15) is 13.2 Å². The van der Waals surface area contributed by atoms with Crippen LogP contribution in [0.25, 0.3) is 0 Å². The second-order valence-corrected chi connectivity index (χ2v) is 11.4. The molecule has 0 aliphatic rings. The molecule has 14 heteroatoms. The molecule has 47 heavy (non-hydrogen) atoms. The Bertz CT molecular complexity index is 1550. The summed E-state index contributed by atoms with van der Waals surface area (Å²) >= 11 is 6.14. The number of alkyl halides is 3. The van der Waals surface area contributed by atoms with Crippen LogP contribution in [0.15, 0.2) is 72.8 Å². The maximum atomic E-state index is 13.9. The number of carboxylic acids is 1. The Labute approximate surface area is 274 Å². The minimum atomic E-state index is -4.55. The normalized spacial score (nSPS) is 13.2. The van der Waals surface area contributed by atoms with Crippen molar-refractivity contribution in [2.45, 2.75) is 51.0 Å². The van der Waals surface area contributed by atoms with E-state index in [-0.39, 0.29) is 23.3 Å². The number of amides is 3. The summed E-state index contributed by atoms with van der Waals surface area (Å²) in [5.41, 5.74) is 0.863. The molecule has 3 aromatic carbocycles. The predicted molar refractivity (Wildman–Crippen MR) is 167 cm³/mol. The molecular formula is C33H35ClF3N3O7. The van der Waals surface area contributed by atoms with Gasteiger partial charge in [-0.25, -0.2) is 4.79 Å². The summed E-state index contributed by atoms with van der Waals surface area (Å²) in [6.45, 7) is 2.44. The number of ether oxygens (including phenoxy) is 2. The van der Waals surface area contributed by atoms with Gasteiger partial charge in [0.05, 0.1) is 13.5 Å². The van der Waals surface area contributed by atoms with Gasteiger partial charge in [-0.05, 0) is 59.5 Å². The fraction of sp³-hybridized carbons (Fsp3) is 0.333. The first-order valence-electron chi connectivity index (χ1n) is 14.5. The van der Waals surface area contributed by atoms with Gasteiger partial charge in [0.15, 0.2) is 6.61 Å². The van der Waals surface area contributed by atoms with E-state index in [1.807, 2.05) is 0 Å². The van der Waals surface area contributed by atoms with E-state index in [0.29, 0.717) is 16.3 Å². The number of aliphatic carboxylic acids is 1. The lowest BCUT2D eigenvalue weighted by molar-refractivity contribution is -0.146. The minimum absolute atomic E-state index is 0.0492. The number of rotatable bonds is 15. The van der Waals surface area contributed by atoms with Crippen molar-refractivity contribution >= 4 is 35.3 Å². The van der Waals surface area contributed by atoms with Crippen LogP contribution in [0.2, 0.25) is 5.02 Å². The molecule has 0 saturated carbocycles. The van der Waals surface area contributed by atoms with Gasteiger partial charge in [0.1, 0.15) is 23.6 Å². The molecule has 0 aliphatic carbocycles. The fourth-order valence-electron chi connectivity index (χ4n) is 4.53. The summed E-state index contributed by atoms with van der Waals surface area (Å²) in [6.07, 6.45) is -5.90. The van der Waals surface area contributed by atoms with Crippen molar-refractivity contribution < 1.29 is 46.9 Å². The average Bonchev–Trinajstić information content (AvgIpc) is 3.01. The Kier molecular flexibility index (Phi) is 13.0. The lowest BCUT2D eigenvalue weighted by Gasteiger charge is -2.28. The number of hydrogen-bond acceptors (Lipinski definition) is 6. The largest absolute Gasteiger partial charge is 0.497 e. The molecule has 0 aliphatic heterocycles. The first-order chi connectivity index (χ1) is 22.1. The molecule has 0 bridgehead atoms. The van der Waals surface area contributed by atoms with E-state index in [9.17, 15) is 32.3 Å². The van der Waals surface area contributed by atoms with E-state index in [1.165, 1.54) is 69.5 Å². The molecule has 0 radical (unpaired) electrons. The standard InChI is InChI=1S/C33H35ClF3N3O7/c1-19(2)27(17-33(35,36)37)39-32(45)29(21-10-12-24(46-3)13-11-21)40-31(44)26(15-20-6-4-8-23(34)14-20)38-30(43)22-7-5-9-25(16-22)47-18-28(41)42/h4-14,16,19,26-27,29H,15,17-18H2,1-3H3,(H,38,43)(H,39,45)(H,40,44)(H,41,42)/t26?,27-,29?/m1/s1. The van der Waals surface area contributed by atoms with Gasteiger partial charge in [0, 0.05) is 23.0 Å². The molecular weight excluding hydrogens is 643 g/mol. The van der Waals surface area contributed by atoms with Crippen LogP contribution < -0.4 is 25.4 Å². The third-order valence-electron chi connectivity index (χ3n) is 6.99. The number of halogens is 4. The number of hydrogen-bond donors (Lipinski definition) is 4. The van der Waals surface area contributed by atoms with Gasteiger partial charge in [-0.15, -0.1) is 0 Å². The molecule has 0 saturated heterocycles. The van der Waals surface area contributed by atoms with Gasteiger partial charge < -0.3 is 30.5 Å². The molecule has 10 nitrogen and oxygen atoms in total. The number of carboxylic acid groups (broad SMARTS) is 1. The second-order valence-electron chi connectivity index (χ2n) is 11.0. The Morgan fingerprint density at radius 1 is 0.872 bits per heavy atom. The molecule has 0 fully saturated rings. The maximum Gasteiger partial charge on any atom is 0.391 e. The number of nitrogens with one attached hydrogen (secondary N) is 3. The molecule has 0 aromatic heterocycles. The lowest BCUT2D eigenvalue weighted by atomic mass is 9.98.